The third-order valence-electron chi connectivity index (χ3n) is 3.31. The topological polar surface area (TPSA) is 77.5 Å². The molecule has 0 aromatic heterocycles. The van der Waals surface area contributed by atoms with Gasteiger partial charge in [-0.15, -0.1) is 0 Å². The van der Waals surface area contributed by atoms with Crippen LogP contribution in [0, 0.1) is 0 Å². The molecule has 0 saturated heterocycles. The summed E-state index contributed by atoms with van der Waals surface area (Å²) >= 11 is 0. The number of hydrogen-bond donors (Lipinski definition) is 0. The molecule has 0 heterocycles. The third-order valence-corrected chi connectivity index (χ3v) is 4.10. The number of carbonyl (C=O) groups is 1. The number of hydrogen-bond acceptors (Lipinski definition) is 4. The van der Waals surface area contributed by atoms with E-state index in [9.17, 15) is 17.8 Å². The summed E-state index contributed by atoms with van der Waals surface area (Å²) in [5.74, 6) is -0.371. The van der Waals surface area contributed by atoms with E-state index in [1.54, 1.807) is 7.05 Å². The molecule has 0 spiro atoms. The summed E-state index contributed by atoms with van der Waals surface area (Å²) in [4.78, 5) is 13.2. The normalized spacial score (nSPS) is 11.0. The molecular formula is C14H28KNO4S. The first-order valence-corrected chi connectivity index (χ1v) is 9.12. The maximum atomic E-state index is 11.7. The third kappa shape index (κ3) is 17.2. The summed E-state index contributed by atoms with van der Waals surface area (Å²) < 4.78 is 31.3. The summed E-state index contributed by atoms with van der Waals surface area (Å²) in [7, 11) is -2.51. The van der Waals surface area contributed by atoms with Crippen LogP contribution in [0.2, 0.25) is 0 Å². The quantitative estimate of drug-likeness (QED) is 0.272. The minimum absolute atomic E-state index is 0. The van der Waals surface area contributed by atoms with E-state index in [-0.39, 0.29) is 63.7 Å². The van der Waals surface area contributed by atoms with E-state index in [1.807, 2.05) is 0 Å². The summed E-state index contributed by atoms with van der Waals surface area (Å²) in [6.07, 6.45) is 8.87. The Hall–Kier alpha value is 1.02. The molecule has 0 saturated carbocycles. The van der Waals surface area contributed by atoms with Gasteiger partial charge in [0, 0.05) is 25.8 Å². The van der Waals surface area contributed by atoms with Gasteiger partial charge in [0.15, 0.2) is 0 Å². The first-order chi connectivity index (χ1) is 9.37. The van der Waals surface area contributed by atoms with Crippen LogP contribution in [0.4, 0.5) is 0 Å². The van der Waals surface area contributed by atoms with Crippen molar-refractivity contribution in [2.45, 2.75) is 64.7 Å². The number of rotatable bonds is 12. The van der Waals surface area contributed by atoms with Crippen LogP contribution >= 0.6 is 0 Å². The average Bonchev–Trinajstić information content (AvgIpc) is 2.35. The molecule has 0 N–H and O–H groups in total. The predicted molar refractivity (Wildman–Crippen MR) is 79.4 cm³/mol. The van der Waals surface area contributed by atoms with E-state index >= 15 is 0 Å². The van der Waals surface area contributed by atoms with E-state index in [2.05, 4.69) is 6.92 Å². The molecule has 0 radical (unpaired) electrons. The van der Waals surface area contributed by atoms with Crippen molar-refractivity contribution in [3.05, 3.63) is 0 Å². The maximum absolute atomic E-state index is 11.7. The van der Waals surface area contributed by atoms with Gasteiger partial charge in [-0.05, 0) is 12.8 Å². The smallest absolute Gasteiger partial charge is 0.748 e. The first kappa shape index (κ1) is 24.3. The molecule has 0 rings (SSSR count). The van der Waals surface area contributed by atoms with E-state index in [0.29, 0.717) is 13.0 Å². The van der Waals surface area contributed by atoms with Gasteiger partial charge >= 0.3 is 51.4 Å². The molecule has 0 atom stereocenters. The average molecular weight is 346 g/mol. The zero-order valence-corrected chi connectivity index (χ0v) is 17.7. The number of amides is 1. The second-order valence-corrected chi connectivity index (χ2v) is 6.83. The van der Waals surface area contributed by atoms with Gasteiger partial charge in [-0.2, -0.15) is 0 Å². The second kappa shape index (κ2) is 14.6. The molecule has 1 amide bonds. The Bertz CT molecular complexity index is 360. The Labute approximate surface area is 172 Å². The Morgan fingerprint density at radius 3 is 2.05 bits per heavy atom. The first-order valence-electron chi connectivity index (χ1n) is 7.54. The molecule has 5 nitrogen and oxygen atoms in total. The molecule has 0 aliphatic carbocycles. The molecule has 0 unspecified atom stereocenters. The van der Waals surface area contributed by atoms with Gasteiger partial charge in [-0.3, -0.25) is 4.79 Å². The molecule has 120 valence electrons. The van der Waals surface area contributed by atoms with Crippen molar-refractivity contribution in [1.29, 1.82) is 0 Å². The van der Waals surface area contributed by atoms with Crippen molar-refractivity contribution < 1.29 is 69.1 Å². The van der Waals surface area contributed by atoms with Crippen LogP contribution in [0.5, 0.6) is 0 Å². The van der Waals surface area contributed by atoms with Crippen LogP contribution in [-0.4, -0.2) is 43.1 Å². The Morgan fingerprint density at radius 2 is 1.52 bits per heavy atom. The molecule has 21 heavy (non-hydrogen) atoms. The summed E-state index contributed by atoms with van der Waals surface area (Å²) in [5.41, 5.74) is 0. The minimum atomic E-state index is -4.17. The summed E-state index contributed by atoms with van der Waals surface area (Å²) in [6, 6.07) is 0. The summed E-state index contributed by atoms with van der Waals surface area (Å²) in [5, 5.41) is 0. The second-order valence-electron chi connectivity index (χ2n) is 5.30. The summed E-state index contributed by atoms with van der Waals surface area (Å²) in [6.45, 7) is 2.52. The Kier molecular flexibility index (Phi) is 16.9. The van der Waals surface area contributed by atoms with Crippen LogP contribution < -0.4 is 51.4 Å². The van der Waals surface area contributed by atoms with Crippen LogP contribution in [0.3, 0.4) is 0 Å². The Balaban J connectivity index is 0. The molecule has 0 bridgehead atoms. The minimum Gasteiger partial charge on any atom is -0.748 e. The number of carbonyl (C=O) groups excluding carboxylic acids is 1. The molecular weight excluding hydrogens is 317 g/mol. The van der Waals surface area contributed by atoms with Gasteiger partial charge in [-0.1, -0.05) is 45.4 Å². The van der Waals surface area contributed by atoms with Crippen LogP contribution in [0.25, 0.3) is 0 Å². The fourth-order valence-electron chi connectivity index (χ4n) is 2.03. The van der Waals surface area contributed by atoms with E-state index in [0.717, 1.165) is 12.8 Å². The van der Waals surface area contributed by atoms with Gasteiger partial charge in [0.1, 0.15) is 0 Å². The molecule has 0 fully saturated rings. The van der Waals surface area contributed by atoms with E-state index in [4.69, 9.17) is 0 Å². The van der Waals surface area contributed by atoms with Gasteiger partial charge in [0.05, 0.1) is 10.1 Å². The van der Waals surface area contributed by atoms with Crippen molar-refractivity contribution in [2.75, 3.05) is 19.3 Å². The molecule has 0 aliphatic heterocycles. The monoisotopic (exact) mass is 345 g/mol. The molecule has 0 aliphatic rings. The van der Waals surface area contributed by atoms with Crippen molar-refractivity contribution in [3.63, 3.8) is 0 Å². The standard InChI is InChI=1S/C14H29NO4S.K/c1-3-4-5-6-7-8-9-11-14(16)15(2)12-10-13-20(17,18)19;/h3-13H2,1-2H3,(H,17,18,19);/q;+1/p-1. The van der Waals surface area contributed by atoms with Crippen LogP contribution in [0.1, 0.15) is 64.7 Å². The van der Waals surface area contributed by atoms with Crippen molar-refractivity contribution >= 4 is 16.0 Å². The molecule has 0 aromatic carbocycles. The zero-order chi connectivity index (χ0) is 15.4. The van der Waals surface area contributed by atoms with E-state index in [1.165, 1.54) is 37.0 Å². The Morgan fingerprint density at radius 1 is 1.00 bits per heavy atom. The van der Waals surface area contributed by atoms with Crippen molar-refractivity contribution in [2.24, 2.45) is 0 Å². The molecule has 7 heteroatoms. The van der Waals surface area contributed by atoms with E-state index < -0.39 is 15.9 Å². The van der Waals surface area contributed by atoms with Crippen LogP contribution in [-0.2, 0) is 14.9 Å². The number of nitrogens with zero attached hydrogens (tertiary/aromatic N) is 1. The zero-order valence-electron chi connectivity index (χ0n) is 13.8. The van der Waals surface area contributed by atoms with Crippen LogP contribution in [0.15, 0.2) is 0 Å². The van der Waals surface area contributed by atoms with Crippen molar-refractivity contribution in [1.82, 2.24) is 4.90 Å². The van der Waals surface area contributed by atoms with Gasteiger partial charge in [-0.25, -0.2) is 8.42 Å². The fraction of sp³-hybridized carbons (Fsp3) is 0.929. The SMILES string of the molecule is CCCCCCCCCC(=O)N(C)CCCS(=O)(=O)[O-].[K+]. The predicted octanol–water partition coefficient (Wildman–Crippen LogP) is -0.475. The molecule has 0 aromatic rings. The van der Waals surface area contributed by atoms with Gasteiger partial charge < -0.3 is 9.45 Å². The van der Waals surface area contributed by atoms with Gasteiger partial charge in [0.25, 0.3) is 0 Å². The van der Waals surface area contributed by atoms with Gasteiger partial charge in [0.2, 0.25) is 5.91 Å². The fourth-order valence-corrected chi connectivity index (χ4v) is 2.51. The largest absolute Gasteiger partial charge is 1.00 e. The van der Waals surface area contributed by atoms with Crippen molar-refractivity contribution in [3.8, 4) is 0 Å². The maximum Gasteiger partial charge on any atom is 1.00 e. The number of unbranched alkanes of at least 4 members (excludes halogenated alkanes) is 6.